The van der Waals surface area contributed by atoms with Crippen molar-refractivity contribution >= 4 is 23.6 Å². The second-order valence-electron chi connectivity index (χ2n) is 8.41. The zero-order valence-electron chi connectivity index (χ0n) is 20.1. The number of hydrogen-bond acceptors (Lipinski definition) is 6. The summed E-state index contributed by atoms with van der Waals surface area (Å²) in [7, 11) is 0. The van der Waals surface area contributed by atoms with Gasteiger partial charge in [0.1, 0.15) is 0 Å². The molecule has 8 nitrogen and oxygen atoms in total. The van der Waals surface area contributed by atoms with E-state index in [-0.39, 0.29) is 6.61 Å². The molecule has 3 aromatic rings. The molecule has 1 aliphatic heterocycles. The van der Waals surface area contributed by atoms with Gasteiger partial charge >= 0.3 is 5.97 Å². The maximum atomic E-state index is 12.2. The predicted molar refractivity (Wildman–Crippen MR) is 134 cm³/mol. The van der Waals surface area contributed by atoms with Gasteiger partial charge in [-0.05, 0) is 49.8 Å². The fourth-order valence-electron chi connectivity index (χ4n) is 3.96. The van der Waals surface area contributed by atoms with Crippen LogP contribution in [0.4, 0.5) is 5.69 Å². The van der Waals surface area contributed by atoms with Crippen molar-refractivity contribution in [3.05, 3.63) is 83.2 Å². The Morgan fingerprint density at radius 1 is 1.06 bits per heavy atom. The monoisotopic (exact) mass is 474 g/mol. The number of rotatable bonds is 8. The fourth-order valence-corrected chi connectivity index (χ4v) is 3.96. The van der Waals surface area contributed by atoms with Gasteiger partial charge in [0, 0.05) is 42.7 Å². The van der Waals surface area contributed by atoms with E-state index in [4.69, 9.17) is 9.47 Å². The van der Waals surface area contributed by atoms with Crippen molar-refractivity contribution in [3.8, 4) is 5.69 Å². The van der Waals surface area contributed by atoms with Crippen LogP contribution in [-0.4, -0.2) is 59.5 Å². The summed E-state index contributed by atoms with van der Waals surface area (Å²) in [5.74, 6) is -0.982. The van der Waals surface area contributed by atoms with Crippen molar-refractivity contribution in [2.24, 2.45) is 0 Å². The van der Waals surface area contributed by atoms with E-state index in [1.807, 2.05) is 73.1 Å². The number of morpholine rings is 1. The van der Waals surface area contributed by atoms with Gasteiger partial charge in [0.2, 0.25) is 0 Å². The minimum atomic E-state index is -0.590. The van der Waals surface area contributed by atoms with Gasteiger partial charge in [-0.15, -0.1) is 0 Å². The fraction of sp³-hybridized carbons (Fsp3) is 0.296. The zero-order chi connectivity index (χ0) is 24.6. The van der Waals surface area contributed by atoms with Crippen LogP contribution in [0.15, 0.2) is 60.7 Å². The van der Waals surface area contributed by atoms with Crippen LogP contribution in [-0.2, 0) is 25.6 Å². The van der Waals surface area contributed by atoms with Gasteiger partial charge in [0.05, 0.1) is 24.6 Å². The summed E-state index contributed by atoms with van der Waals surface area (Å²) >= 11 is 0. The summed E-state index contributed by atoms with van der Waals surface area (Å²) in [6.45, 7) is 7.69. The van der Waals surface area contributed by atoms with Crippen LogP contribution in [0.1, 0.15) is 22.5 Å². The lowest BCUT2D eigenvalue weighted by molar-refractivity contribution is -0.142. The molecule has 1 fully saturated rings. The molecule has 0 aliphatic carbocycles. The second-order valence-corrected chi connectivity index (χ2v) is 8.41. The zero-order valence-corrected chi connectivity index (χ0v) is 20.1. The third kappa shape index (κ3) is 6.65. The number of esters is 1. The number of aryl methyl sites for hydroxylation is 1. The Morgan fingerprint density at radius 2 is 1.77 bits per heavy atom. The highest BCUT2D eigenvalue weighted by molar-refractivity contribution is 5.94. The van der Waals surface area contributed by atoms with Gasteiger partial charge in [0.15, 0.2) is 6.61 Å². The molecule has 1 N–H and O–H groups in total. The summed E-state index contributed by atoms with van der Waals surface area (Å²) in [5.41, 5.74) is 5.32. The SMILES string of the molecule is Cc1nn(-c2ccccc2)c(C)c1/C=C/C(=O)OCC(=O)Nc1ccc(CN2CCOCC2)cc1. The largest absolute Gasteiger partial charge is 0.452 e. The maximum Gasteiger partial charge on any atom is 0.331 e. The van der Waals surface area contributed by atoms with Crippen molar-refractivity contribution in [2.45, 2.75) is 20.4 Å². The highest BCUT2D eigenvalue weighted by atomic mass is 16.5. The first-order valence-electron chi connectivity index (χ1n) is 11.6. The van der Waals surface area contributed by atoms with Crippen molar-refractivity contribution in [1.29, 1.82) is 0 Å². The van der Waals surface area contributed by atoms with Crippen molar-refractivity contribution in [1.82, 2.24) is 14.7 Å². The number of carbonyl (C=O) groups is 2. The van der Waals surface area contributed by atoms with Gasteiger partial charge in [-0.2, -0.15) is 5.10 Å². The minimum Gasteiger partial charge on any atom is -0.452 e. The minimum absolute atomic E-state index is 0.361. The normalized spacial score (nSPS) is 14.2. The first kappa shape index (κ1) is 24.4. The van der Waals surface area contributed by atoms with Crippen LogP contribution in [0, 0.1) is 13.8 Å². The molecular formula is C27H30N4O4. The number of ether oxygens (including phenoxy) is 2. The van der Waals surface area contributed by atoms with E-state index >= 15 is 0 Å². The number of amides is 1. The van der Waals surface area contributed by atoms with Crippen LogP contribution in [0.3, 0.4) is 0 Å². The Morgan fingerprint density at radius 3 is 2.49 bits per heavy atom. The number of nitrogens with zero attached hydrogens (tertiary/aromatic N) is 3. The average molecular weight is 475 g/mol. The average Bonchev–Trinajstić information content (AvgIpc) is 3.17. The molecule has 1 aromatic heterocycles. The molecule has 0 unspecified atom stereocenters. The molecule has 1 saturated heterocycles. The molecular weight excluding hydrogens is 444 g/mol. The van der Waals surface area contributed by atoms with E-state index in [2.05, 4.69) is 15.3 Å². The van der Waals surface area contributed by atoms with E-state index in [0.717, 1.165) is 55.5 Å². The smallest absolute Gasteiger partial charge is 0.331 e. The van der Waals surface area contributed by atoms with Crippen LogP contribution in [0.25, 0.3) is 11.8 Å². The Labute approximate surface area is 205 Å². The number of carbonyl (C=O) groups excluding carboxylic acids is 2. The highest BCUT2D eigenvalue weighted by Crippen LogP contribution is 2.19. The number of nitrogens with one attached hydrogen (secondary N) is 1. The number of aromatic nitrogens is 2. The van der Waals surface area contributed by atoms with Gasteiger partial charge < -0.3 is 14.8 Å². The van der Waals surface area contributed by atoms with Crippen molar-refractivity contribution < 1.29 is 19.1 Å². The maximum absolute atomic E-state index is 12.2. The summed E-state index contributed by atoms with van der Waals surface area (Å²) in [6, 6.07) is 17.5. The Bertz CT molecular complexity index is 1180. The van der Waals surface area contributed by atoms with Gasteiger partial charge in [-0.3, -0.25) is 9.69 Å². The van der Waals surface area contributed by atoms with E-state index < -0.39 is 11.9 Å². The molecule has 0 radical (unpaired) electrons. The van der Waals surface area contributed by atoms with E-state index in [0.29, 0.717) is 5.69 Å². The van der Waals surface area contributed by atoms with E-state index in [1.165, 1.54) is 11.6 Å². The molecule has 2 aromatic carbocycles. The van der Waals surface area contributed by atoms with E-state index in [1.54, 1.807) is 6.08 Å². The summed E-state index contributed by atoms with van der Waals surface area (Å²) in [4.78, 5) is 26.7. The number of anilines is 1. The van der Waals surface area contributed by atoms with Crippen molar-refractivity contribution in [3.63, 3.8) is 0 Å². The van der Waals surface area contributed by atoms with E-state index in [9.17, 15) is 9.59 Å². The molecule has 0 spiro atoms. The molecule has 1 amide bonds. The van der Waals surface area contributed by atoms with Gasteiger partial charge in [0.25, 0.3) is 5.91 Å². The predicted octanol–water partition coefficient (Wildman–Crippen LogP) is 3.52. The lowest BCUT2D eigenvalue weighted by atomic mass is 10.2. The molecule has 0 bridgehead atoms. The number of para-hydroxylation sites is 1. The molecule has 8 heteroatoms. The quantitative estimate of drug-likeness (QED) is 0.397. The standard InChI is InChI=1S/C27H30N4O4/c1-20-25(21(2)31(29-20)24-6-4-3-5-7-24)12-13-27(33)35-19-26(32)28-23-10-8-22(9-11-23)18-30-14-16-34-17-15-30/h3-13H,14-19H2,1-2H3,(H,28,32)/b13-12+. The van der Waals surface area contributed by atoms with Crippen LogP contribution >= 0.6 is 0 Å². The van der Waals surface area contributed by atoms with Crippen LogP contribution < -0.4 is 5.32 Å². The lowest BCUT2D eigenvalue weighted by Gasteiger charge is -2.26. The second kappa shape index (κ2) is 11.6. The van der Waals surface area contributed by atoms with Crippen LogP contribution in [0.2, 0.25) is 0 Å². The first-order valence-corrected chi connectivity index (χ1v) is 11.6. The Kier molecular flexibility index (Phi) is 8.07. The molecule has 1 aliphatic rings. The molecule has 0 saturated carbocycles. The summed E-state index contributed by atoms with van der Waals surface area (Å²) in [5, 5.41) is 7.31. The summed E-state index contributed by atoms with van der Waals surface area (Å²) < 4.78 is 12.3. The third-order valence-electron chi connectivity index (χ3n) is 5.83. The summed E-state index contributed by atoms with van der Waals surface area (Å²) in [6.07, 6.45) is 2.99. The highest BCUT2D eigenvalue weighted by Gasteiger charge is 2.13. The third-order valence-corrected chi connectivity index (χ3v) is 5.83. The molecule has 2 heterocycles. The lowest BCUT2D eigenvalue weighted by Crippen LogP contribution is -2.35. The van der Waals surface area contributed by atoms with Gasteiger partial charge in [-0.25, -0.2) is 9.48 Å². The molecule has 35 heavy (non-hydrogen) atoms. The Balaban J connectivity index is 1.26. The number of benzene rings is 2. The molecule has 4 rings (SSSR count). The molecule has 0 atom stereocenters. The van der Waals surface area contributed by atoms with Crippen molar-refractivity contribution in [2.75, 3.05) is 38.2 Å². The molecule has 182 valence electrons. The Hall–Kier alpha value is -3.75. The number of hydrogen-bond donors (Lipinski definition) is 1. The first-order chi connectivity index (χ1) is 17.0. The van der Waals surface area contributed by atoms with Gasteiger partial charge in [-0.1, -0.05) is 30.3 Å². The van der Waals surface area contributed by atoms with Crippen LogP contribution in [0.5, 0.6) is 0 Å². The topological polar surface area (TPSA) is 85.7 Å².